The van der Waals surface area contributed by atoms with Crippen molar-refractivity contribution in [2.24, 2.45) is 0 Å². The molecule has 0 unspecified atom stereocenters. The molecular weight excluding hydrogens is 304 g/mol. The third kappa shape index (κ3) is 4.57. The number of benzene rings is 2. The van der Waals surface area contributed by atoms with E-state index in [9.17, 15) is 13.2 Å². The lowest BCUT2D eigenvalue weighted by atomic mass is 10.2. The molecule has 116 valence electrons. The minimum Gasteiger partial charge on any atom is -0.497 e. The number of ether oxygens (including phenoxy) is 1. The van der Waals surface area contributed by atoms with Crippen LogP contribution in [0.15, 0.2) is 54.6 Å². The summed E-state index contributed by atoms with van der Waals surface area (Å²) >= 11 is 0. The fourth-order valence-electron chi connectivity index (χ4n) is 1.77. The number of carbonyl (C=O) groups is 1. The molecule has 0 saturated heterocycles. The average Bonchev–Trinajstić information content (AvgIpc) is 2.53. The van der Waals surface area contributed by atoms with Gasteiger partial charge in [0.2, 0.25) is 10.0 Å². The van der Waals surface area contributed by atoms with Crippen molar-refractivity contribution in [3.05, 3.63) is 65.7 Å². The Bertz CT molecular complexity index is 728. The van der Waals surface area contributed by atoms with Gasteiger partial charge in [-0.25, -0.2) is 8.42 Å². The second-order valence-electron chi connectivity index (χ2n) is 4.53. The van der Waals surface area contributed by atoms with Gasteiger partial charge in [-0.3, -0.25) is 10.2 Å². The Morgan fingerprint density at radius 2 is 1.68 bits per heavy atom. The first-order valence-corrected chi connectivity index (χ1v) is 8.13. The second kappa shape index (κ2) is 7.06. The van der Waals surface area contributed by atoms with E-state index in [0.717, 1.165) is 0 Å². The first kappa shape index (κ1) is 16.0. The highest BCUT2D eigenvalue weighted by molar-refractivity contribution is 7.88. The Kier molecular flexibility index (Phi) is 5.13. The van der Waals surface area contributed by atoms with E-state index >= 15 is 0 Å². The number of hydrazine groups is 1. The van der Waals surface area contributed by atoms with Crippen LogP contribution in [0.3, 0.4) is 0 Å². The van der Waals surface area contributed by atoms with Gasteiger partial charge in [-0.05, 0) is 29.8 Å². The summed E-state index contributed by atoms with van der Waals surface area (Å²) in [7, 11) is -2.14. The summed E-state index contributed by atoms with van der Waals surface area (Å²) in [4.78, 5) is 13.9. The minimum absolute atomic E-state index is 0.212. The Morgan fingerprint density at radius 1 is 1.05 bits per heavy atom. The molecule has 0 aliphatic rings. The van der Waals surface area contributed by atoms with Crippen molar-refractivity contribution < 1.29 is 17.9 Å². The third-order valence-corrected chi connectivity index (χ3v) is 4.00. The van der Waals surface area contributed by atoms with E-state index in [1.165, 1.54) is 7.11 Å². The van der Waals surface area contributed by atoms with Crippen LogP contribution in [0.25, 0.3) is 0 Å². The zero-order valence-electron chi connectivity index (χ0n) is 11.9. The van der Waals surface area contributed by atoms with Gasteiger partial charge in [0.25, 0.3) is 5.91 Å². The fourth-order valence-corrected chi connectivity index (χ4v) is 2.72. The van der Waals surface area contributed by atoms with Crippen LogP contribution in [-0.2, 0) is 15.8 Å². The van der Waals surface area contributed by atoms with Crippen LogP contribution in [0.5, 0.6) is 5.75 Å². The van der Waals surface area contributed by atoms with E-state index in [-0.39, 0.29) is 5.75 Å². The van der Waals surface area contributed by atoms with Crippen molar-refractivity contribution in [1.29, 1.82) is 0 Å². The fraction of sp³-hybridized carbons (Fsp3) is 0.133. The normalized spacial score (nSPS) is 11.0. The number of rotatable bonds is 6. The summed E-state index contributed by atoms with van der Waals surface area (Å²) in [6.45, 7) is 0. The van der Waals surface area contributed by atoms with Gasteiger partial charge in [0, 0.05) is 5.56 Å². The second-order valence-corrected chi connectivity index (χ2v) is 6.25. The lowest BCUT2D eigenvalue weighted by Crippen LogP contribution is -2.42. The summed E-state index contributed by atoms with van der Waals surface area (Å²) in [6.07, 6.45) is 0. The van der Waals surface area contributed by atoms with Crippen molar-refractivity contribution in [3.8, 4) is 5.75 Å². The standard InChI is InChI=1S/C15H16N2O4S/c1-21-14-9-7-13(8-10-14)15(18)16-17-22(19,20)11-12-5-3-2-4-6-12/h2-10,17H,11H2,1H3,(H,16,18). The van der Waals surface area contributed by atoms with Crippen LogP contribution in [0, 0.1) is 0 Å². The van der Waals surface area contributed by atoms with Gasteiger partial charge < -0.3 is 4.74 Å². The number of carbonyl (C=O) groups excluding carboxylic acids is 1. The van der Waals surface area contributed by atoms with E-state index < -0.39 is 15.9 Å². The molecule has 0 aromatic heterocycles. The van der Waals surface area contributed by atoms with E-state index in [1.54, 1.807) is 54.6 Å². The van der Waals surface area contributed by atoms with Crippen LogP contribution in [0.4, 0.5) is 0 Å². The van der Waals surface area contributed by atoms with Crippen molar-refractivity contribution in [1.82, 2.24) is 10.3 Å². The van der Waals surface area contributed by atoms with Gasteiger partial charge in [0.15, 0.2) is 0 Å². The number of hydrogen-bond donors (Lipinski definition) is 2. The summed E-state index contributed by atoms with van der Waals surface area (Å²) < 4.78 is 28.8. The maximum absolute atomic E-state index is 11.9. The number of hydrogen-bond acceptors (Lipinski definition) is 4. The number of sulfonamides is 1. The molecule has 0 spiro atoms. The van der Waals surface area contributed by atoms with Crippen LogP contribution in [0.2, 0.25) is 0 Å². The van der Waals surface area contributed by atoms with Crippen molar-refractivity contribution in [2.75, 3.05) is 7.11 Å². The molecule has 0 atom stereocenters. The Balaban J connectivity index is 1.94. The molecule has 2 N–H and O–H groups in total. The lowest BCUT2D eigenvalue weighted by molar-refractivity contribution is 0.0945. The molecule has 0 radical (unpaired) electrons. The topological polar surface area (TPSA) is 84.5 Å². The van der Waals surface area contributed by atoms with Crippen LogP contribution < -0.4 is 15.0 Å². The predicted molar refractivity (Wildman–Crippen MR) is 82.7 cm³/mol. The van der Waals surface area contributed by atoms with Gasteiger partial charge in [-0.1, -0.05) is 30.3 Å². The van der Waals surface area contributed by atoms with Gasteiger partial charge >= 0.3 is 0 Å². The smallest absolute Gasteiger partial charge is 0.266 e. The van der Waals surface area contributed by atoms with Gasteiger partial charge in [0.05, 0.1) is 12.9 Å². The van der Waals surface area contributed by atoms with Crippen molar-refractivity contribution in [2.45, 2.75) is 5.75 Å². The molecule has 0 saturated carbocycles. The quantitative estimate of drug-likeness (QED) is 0.789. The van der Waals surface area contributed by atoms with E-state index in [1.807, 2.05) is 0 Å². The first-order valence-electron chi connectivity index (χ1n) is 6.48. The minimum atomic E-state index is -3.66. The first-order chi connectivity index (χ1) is 10.5. The number of amides is 1. The van der Waals surface area contributed by atoms with Crippen LogP contribution >= 0.6 is 0 Å². The van der Waals surface area contributed by atoms with E-state index in [2.05, 4.69) is 10.3 Å². The molecule has 2 aromatic carbocycles. The Labute approximate surface area is 129 Å². The van der Waals surface area contributed by atoms with Crippen molar-refractivity contribution >= 4 is 15.9 Å². The molecule has 7 heteroatoms. The molecular formula is C15H16N2O4S. The molecule has 0 fully saturated rings. The summed E-state index contributed by atoms with van der Waals surface area (Å²) in [5.74, 6) is -0.142. The molecule has 0 aliphatic carbocycles. The monoisotopic (exact) mass is 320 g/mol. The molecule has 22 heavy (non-hydrogen) atoms. The maximum atomic E-state index is 11.9. The molecule has 0 aliphatic heterocycles. The Hall–Kier alpha value is -2.38. The highest BCUT2D eigenvalue weighted by Crippen LogP contribution is 2.11. The van der Waals surface area contributed by atoms with Crippen LogP contribution in [0.1, 0.15) is 15.9 Å². The van der Waals surface area contributed by atoms with Gasteiger partial charge in [-0.15, -0.1) is 4.83 Å². The maximum Gasteiger partial charge on any atom is 0.266 e. The lowest BCUT2D eigenvalue weighted by Gasteiger charge is -2.09. The third-order valence-electron chi connectivity index (χ3n) is 2.87. The molecule has 0 heterocycles. The SMILES string of the molecule is COc1ccc(C(=O)NNS(=O)(=O)Cc2ccccc2)cc1. The van der Waals surface area contributed by atoms with Gasteiger partial charge in [0.1, 0.15) is 5.75 Å². The highest BCUT2D eigenvalue weighted by atomic mass is 32.2. The number of nitrogens with one attached hydrogen (secondary N) is 2. The molecule has 2 aromatic rings. The summed E-state index contributed by atoms with van der Waals surface area (Å²) in [5, 5.41) is 0. The zero-order chi connectivity index (χ0) is 16.0. The molecule has 0 bridgehead atoms. The average molecular weight is 320 g/mol. The summed E-state index contributed by atoms with van der Waals surface area (Å²) in [6, 6.07) is 15.0. The zero-order valence-corrected chi connectivity index (χ0v) is 12.8. The largest absolute Gasteiger partial charge is 0.497 e. The van der Waals surface area contributed by atoms with Crippen molar-refractivity contribution in [3.63, 3.8) is 0 Å². The van der Waals surface area contributed by atoms with E-state index in [4.69, 9.17) is 4.74 Å². The molecule has 6 nitrogen and oxygen atoms in total. The van der Waals surface area contributed by atoms with Gasteiger partial charge in [-0.2, -0.15) is 0 Å². The predicted octanol–water partition coefficient (Wildman–Crippen LogP) is 1.46. The molecule has 1 amide bonds. The number of methoxy groups -OCH3 is 1. The van der Waals surface area contributed by atoms with Crippen LogP contribution in [-0.4, -0.2) is 21.4 Å². The van der Waals surface area contributed by atoms with E-state index in [0.29, 0.717) is 16.9 Å². The Morgan fingerprint density at radius 3 is 2.27 bits per heavy atom. The highest BCUT2D eigenvalue weighted by Gasteiger charge is 2.13. The summed E-state index contributed by atoms with van der Waals surface area (Å²) in [5.41, 5.74) is 3.13. The molecule has 2 rings (SSSR count).